The largest absolute Gasteiger partial charge is 0.497 e. The van der Waals surface area contributed by atoms with Gasteiger partial charge in [0.1, 0.15) is 17.2 Å². The monoisotopic (exact) mass is 678 g/mol. The molecule has 4 aromatic carbocycles. The third-order valence-corrected chi connectivity index (χ3v) is 9.24. The summed E-state index contributed by atoms with van der Waals surface area (Å²) < 4.78 is 10.7. The van der Waals surface area contributed by atoms with Crippen LogP contribution in [-0.2, 0) is 9.59 Å². The highest BCUT2D eigenvalue weighted by molar-refractivity contribution is 8.00. The molecule has 0 fully saturated rings. The number of rotatable bonds is 13. The molecule has 0 saturated carbocycles. The van der Waals surface area contributed by atoms with Crippen LogP contribution in [0.4, 0.5) is 10.8 Å². The van der Waals surface area contributed by atoms with Gasteiger partial charge in [0.05, 0.1) is 25.2 Å². The Morgan fingerprint density at radius 3 is 2.35 bits per heavy atom. The Labute approximate surface area is 287 Å². The number of para-hydroxylation sites is 1. The molecule has 0 bridgehead atoms. The van der Waals surface area contributed by atoms with Gasteiger partial charge in [-0.15, -0.1) is 23.1 Å². The number of amides is 3. The topological polar surface area (TPSA) is 119 Å². The molecular weight excluding hydrogens is 645 g/mol. The van der Waals surface area contributed by atoms with E-state index in [1.165, 1.54) is 23.1 Å². The van der Waals surface area contributed by atoms with Gasteiger partial charge in [0.2, 0.25) is 5.91 Å². The number of hydrogen-bond donors (Lipinski definition) is 3. The highest BCUT2D eigenvalue weighted by Crippen LogP contribution is 2.31. The van der Waals surface area contributed by atoms with Gasteiger partial charge in [-0.3, -0.25) is 14.4 Å². The van der Waals surface area contributed by atoms with Gasteiger partial charge in [-0.25, -0.2) is 4.98 Å². The van der Waals surface area contributed by atoms with Crippen LogP contribution in [0.1, 0.15) is 29.3 Å². The molecule has 11 heteroatoms. The summed E-state index contributed by atoms with van der Waals surface area (Å²) in [6.07, 6.45) is 2.14. The van der Waals surface area contributed by atoms with Gasteiger partial charge in [0.15, 0.2) is 5.13 Å². The summed E-state index contributed by atoms with van der Waals surface area (Å²) in [5.41, 5.74) is 3.26. The van der Waals surface area contributed by atoms with E-state index in [9.17, 15) is 14.4 Å². The third-order valence-electron chi connectivity index (χ3n) is 7.12. The lowest BCUT2D eigenvalue weighted by Gasteiger charge is -2.15. The Balaban J connectivity index is 1.28. The molecule has 0 spiro atoms. The molecule has 3 amide bonds. The van der Waals surface area contributed by atoms with E-state index in [4.69, 9.17) is 9.47 Å². The van der Waals surface area contributed by atoms with Crippen molar-refractivity contribution in [2.75, 3.05) is 24.9 Å². The number of carbonyl (C=O) groups excluding carboxylic acids is 3. The summed E-state index contributed by atoms with van der Waals surface area (Å²) in [7, 11) is 3.16. The smallest absolute Gasteiger partial charge is 0.272 e. The van der Waals surface area contributed by atoms with Crippen LogP contribution in [0.3, 0.4) is 0 Å². The fourth-order valence-corrected chi connectivity index (χ4v) is 6.36. The summed E-state index contributed by atoms with van der Waals surface area (Å²) in [6.45, 7) is 1.94. The van der Waals surface area contributed by atoms with Gasteiger partial charge in [0.25, 0.3) is 11.8 Å². The molecule has 0 aliphatic carbocycles. The average molecular weight is 679 g/mol. The minimum atomic E-state index is -0.520. The standard InChI is InChI=1S/C37H34N4O5S2/c1-4-33(36(44)41-37-40-31(23-47-37)24-17-19-28(45-2)20-18-24)48-29-15-10-14-27(22-29)38-35(43)30(21-26-13-8-9-16-32(26)46-3)39-34(42)25-11-6-5-7-12-25/h5-23,33H,4H2,1-3H3,(H,38,43)(H,39,42)(H,40,41,44)/b30-21+. The number of methoxy groups -OCH3 is 2. The Bertz CT molecular complexity index is 1910. The molecule has 0 aliphatic heterocycles. The molecule has 1 aromatic heterocycles. The van der Waals surface area contributed by atoms with Gasteiger partial charge < -0.3 is 25.4 Å². The van der Waals surface area contributed by atoms with Crippen molar-refractivity contribution in [3.63, 3.8) is 0 Å². The van der Waals surface area contributed by atoms with Gasteiger partial charge >= 0.3 is 0 Å². The van der Waals surface area contributed by atoms with Crippen molar-refractivity contribution in [2.24, 2.45) is 0 Å². The molecule has 5 aromatic rings. The van der Waals surface area contributed by atoms with E-state index < -0.39 is 17.1 Å². The van der Waals surface area contributed by atoms with E-state index in [1.54, 1.807) is 74.9 Å². The summed E-state index contributed by atoms with van der Waals surface area (Å²) in [5, 5.41) is 10.6. The normalized spacial score (nSPS) is 11.7. The second-order valence-corrected chi connectivity index (χ2v) is 12.5. The first-order valence-electron chi connectivity index (χ1n) is 15.1. The number of anilines is 2. The van der Waals surface area contributed by atoms with E-state index in [0.29, 0.717) is 34.1 Å². The van der Waals surface area contributed by atoms with Gasteiger partial charge in [-0.1, -0.05) is 49.4 Å². The van der Waals surface area contributed by atoms with Crippen LogP contribution in [0.5, 0.6) is 11.5 Å². The zero-order valence-electron chi connectivity index (χ0n) is 26.6. The first-order chi connectivity index (χ1) is 23.4. The number of carbonyl (C=O) groups is 3. The van der Waals surface area contributed by atoms with Crippen molar-refractivity contribution in [2.45, 2.75) is 23.5 Å². The molecule has 244 valence electrons. The number of thiazole rings is 1. The fourth-order valence-electron chi connectivity index (χ4n) is 4.63. The first kappa shape index (κ1) is 34.0. The van der Waals surface area contributed by atoms with Gasteiger partial charge in [-0.2, -0.15) is 0 Å². The summed E-state index contributed by atoms with van der Waals surface area (Å²) in [5.74, 6) is 0.193. The molecule has 0 aliphatic rings. The molecule has 0 radical (unpaired) electrons. The van der Waals surface area contributed by atoms with Gasteiger partial charge in [-0.05, 0) is 73.2 Å². The zero-order chi connectivity index (χ0) is 33.9. The fraction of sp³-hybridized carbons (Fsp3) is 0.135. The third kappa shape index (κ3) is 8.90. The molecular formula is C37H34N4O5S2. The Kier molecular flexibility index (Phi) is 11.6. The Morgan fingerprint density at radius 1 is 0.875 bits per heavy atom. The van der Waals surface area contributed by atoms with Crippen LogP contribution in [0.15, 0.2) is 119 Å². The van der Waals surface area contributed by atoms with Crippen molar-refractivity contribution in [3.05, 3.63) is 125 Å². The van der Waals surface area contributed by atoms with Crippen molar-refractivity contribution >= 4 is 57.7 Å². The summed E-state index contributed by atoms with van der Waals surface area (Å²) >= 11 is 2.75. The van der Waals surface area contributed by atoms with Crippen LogP contribution in [0.25, 0.3) is 17.3 Å². The van der Waals surface area contributed by atoms with E-state index in [0.717, 1.165) is 21.9 Å². The summed E-state index contributed by atoms with van der Waals surface area (Å²) in [6, 6.07) is 30.7. The molecule has 1 heterocycles. The maximum absolute atomic E-state index is 13.6. The van der Waals surface area contributed by atoms with Crippen LogP contribution in [0.2, 0.25) is 0 Å². The molecule has 9 nitrogen and oxygen atoms in total. The zero-order valence-corrected chi connectivity index (χ0v) is 28.2. The minimum absolute atomic E-state index is 0.0367. The van der Waals surface area contributed by atoms with Crippen molar-refractivity contribution < 1.29 is 23.9 Å². The van der Waals surface area contributed by atoms with Crippen LogP contribution >= 0.6 is 23.1 Å². The SMILES string of the molecule is CCC(Sc1cccc(NC(=O)/C(=C\c2ccccc2OC)NC(=O)c2ccccc2)c1)C(=O)Nc1nc(-c2ccc(OC)cc2)cs1. The van der Waals surface area contributed by atoms with Crippen molar-refractivity contribution in [1.82, 2.24) is 10.3 Å². The number of hydrogen-bond acceptors (Lipinski definition) is 8. The molecule has 5 rings (SSSR count). The number of benzene rings is 4. The van der Waals surface area contributed by atoms with Crippen LogP contribution in [0, 0.1) is 0 Å². The maximum Gasteiger partial charge on any atom is 0.272 e. The number of nitrogens with zero attached hydrogens (tertiary/aromatic N) is 1. The lowest BCUT2D eigenvalue weighted by molar-refractivity contribution is -0.116. The highest BCUT2D eigenvalue weighted by atomic mass is 32.2. The van der Waals surface area contributed by atoms with E-state index in [2.05, 4.69) is 20.9 Å². The molecule has 48 heavy (non-hydrogen) atoms. The quantitative estimate of drug-likeness (QED) is 0.0861. The van der Waals surface area contributed by atoms with E-state index >= 15 is 0 Å². The molecule has 0 saturated heterocycles. The van der Waals surface area contributed by atoms with Crippen molar-refractivity contribution in [3.8, 4) is 22.8 Å². The summed E-state index contributed by atoms with van der Waals surface area (Å²) in [4.78, 5) is 45.3. The van der Waals surface area contributed by atoms with Crippen LogP contribution in [-0.4, -0.2) is 42.2 Å². The average Bonchev–Trinajstić information content (AvgIpc) is 3.59. The molecule has 1 unspecified atom stereocenters. The first-order valence-corrected chi connectivity index (χ1v) is 16.8. The van der Waals surface area contributed by atoms with Crippen molar-refractivity contribution in [1.29, 1.82) is 0 Å². The predicted octanol–water partition coefficient (Wildman–Crippen LogP) is 7.75. The van der Waals surface area contributed by atoms with Gasteiger partial charge in [0, 0.05) is 32.7 Å². The second kappa shape index (κ2) is 16.4. The highest BCUT2D eigenvalue weighted by Gasteiger charge is 2.21. The minimum Gasteiger partial charge on any atom is -0.497 e. The number of aromatic nitrogens is 1. The Hall–Kier alpha value is -5.39. The molecule has 1 atom stereocenters. The number of thioether (sulfide) groups is 1. The second-order valence-electron chi connectivity index (χ2n) is 10.4. The number of nitrogens with one attached hydrogen (secondary N) is 3. The Morgan fingerprint density at radius 2 is 1.62 bits per heavy atom. The molecule has 3 N–H and O–H groups in total. The van der Waals surface area contributed by atoms with Crippen LogP contribution < -0.4 is 25.4 Å². The lowest BCUT2D eigenvalue weighted by atomic mass is 10.1. The van der Waals surface area contributed by atoms with E-state index in [1.807, 2.05) is 60.8 Å². The lowest BCUT2D eigenvalue weighted by Crippen LogP contribution is -2.30. The maximum atomic E-state index is 13.6. The van der Waals surface area contributed by atoms with E-state index in [-0.39, 0.29) is 11.6 Å². The predicted molar refractivity (Wildman–Crippen MR) is 193 cm³/mol. The number of ether oxygens (including phenoxy) is 2.